The summed E-state index contributed by atoms with van der Waals surface area (Å²) in [6.45, 7) is 1.95. The highest BCUT2D eigenvalue weighted by Crippen LogP contribution is 2.32. The second-order valence-corrected chi connectivity index (χ2v) is 6.20. The minimum Gasteiger partial charge on any atom is -0.497 e. The van der Waals surface area contributed by atoms with E-state index in [9.17, 15) is 4.39 Å². The van der Waals surface area contributed by atoms with Crippen molar-refractivity contribution in [2.24, 2.45) is 0 Å². The van der Waals surface area contributed by atoms with Crippen molar-refractivity contribution in [3.63, 3.8) is 0 Å². The number of benzene rings is 2. The van der Waals surface area contributed by atoms with Crippen LogP contribution in [0.3, 0.4) is 0 Å². The van der Waals surface area contributed by atoms with Crippen LogP contribution in [0.2, 0.25) is 0 Å². The van der Waals surface area contributed by atoms with Crippen LogP contribution in [-0.4, -0.2) is 17.1 Å². The van der Waals surface area contributed by atoms with Crippen molar-refractivity contribution in [3.8, 4) is 17.1 Å². The minimum atomic E-state index is -0.265. The summed E-state index contributed by atoms with van der Waals surface area (Å²) in [5.41, 5.74) is 2.24. The Morgan fingerprint density at radius 2 is 1.89 bits per heavy atom. The lowest BCUT2D eigenvalue weighted by Crippen LogP contribution is -2.08. The Morgan fingerprint density at radius 1 is 1.07 bits per heavy atom. The molecule has 2 aromatic heterocycles. The Bertz CT molecular complexity index is 1080. The van der Waals surface area contributed by atoms with E-state index < -0.39 is 0 Å². The fourth-order valence-electron chi connectivity index (χ4n) is 2.93. The van der Waals surface area contributed by atoms with Gasteiger partial charge in [0.15, 0.2) is 0 Å². The lowest BCUT2D eigenvalue weighted by Gasteiger charge is -2.15. The Hall–Kier alpha value is -3.41. The van der Waals surface area contributed by atoms with Crippen molar-refractivity contribution >= 4 is 16.9 Å². The molecule has 4 rings (SSSR count). The predicted molar refractivity (Wildman–Crippen MR) is 102 cm³/mol. The second-order valence-electron chi connectivity index (χ2n) is 6.20. The molecule has 136 valence electrons. The average molecular weight is 363 g/mol. The Kier molecular flexibility index (Phi) is 4.46. The molecule has 2 aromatic carbocycles. The van der Waals surface area contributed by atoms with E-state index in [0.717, 1.165) is 22.3 Å². The number of hydrogen-bond acceptors (Lipinski definition) is 5. The summed E-state index contributed by atoms with van der Waals surface area (Å²) in [5.74, 6) is 1.84. The molecule has 0 amide bonds. The summed E-state index contributed by atoms with van der Waals surface area (Å²) >= 11 is 0. The topological polar surface area (TPSA) is 60.2 Å². The normalized spacial score (nSPS) is 12.1. The van der Waals surface area contributed by atoms with Crippen LogP contribution in [0.15, 0.2) is 65.3 Å². The molecule has 0 bridgehead atoms. The van der Waals surface area contributed by atoms with Crippen LogP contribution >= 0.6 is 0 Å². The first-order valence-corrected chi connectivity index (χ1v) is 8.55. The molecule has 5 nitrogen and oxygen atoms in total. The molecular weight excluding hydrogens is 345 g/mol. The van der Waals surface area contributed by atoms with Crippen molar-refractivity contribution in [1.29, 1.82) is 0 Å². The highest BCUT2D eigenvalue weighted by Gasteiger charge is 2.14. The van der Waals surface area contributed by atoms with E-state index in [2.05, 4.69) is 15.3 Å². The van der Waals surface area contributed by atoms with Gasteiger partial charge in [-0.15, -0.1) is 0 Å². The summed E-state index contributed by atoms with van der Waals surface area (Å²) in [7, 11) is 1.63. The van der Waals surface area contributed by atoms with Crippen LogP contribution in [0, 0.1) is 5.82 Å². The molecule has 0 radical (unpaired) electrons. The summed E-state index contributed by atoms with van der Waals surface area (Å²) in [6.07, 6.45) is 1.45. The largest absolute Gasteiger partial charge is 0.497 e. The third-order valence-corrected chi connectivity index (χ3v) is 4.41. The van der Waals surface area contributed by atoms with Crippen LogP contribution < -0.4 is 10.1 Å². The first-order chi connectivity index (χ1) is 13.1. The number of aromatic nitrogens is 2. The lowest BCUT2D eigenvalue weighted by atomic mass is 10.1. The standard InChI is InChI=1S/C21H18FN3O2/c1-13(15-4-3-5-16(22)10-15)25-20-18-11-19(27-21(18)24-12-23-20)14-6-8-17(26-2)9-7-14/h3-13H,1-2H3,(H,23,24,25)/t13-/m1/s1. The van der Waals surface area contributed by atoms with Crippen molar-refractivity contribution in [2.45, 2.75) is 13.0 Å². The Balaban J connectivity index is 1.66. The van der Waals surface area contributed by atoms with Gasteiger partial charge in [-0.25, -0.2) is 14.4 Å². The molecule has 0 aliphatic carbocycles. The van der Waals surface area contributed by atoms with E-state index in [-0.39, 0.29) is 11.9 Å². The number of ether oxygens (including phenoxy) is 1. The Labute approximate surface area is 155 Å². The van der Waals surface area contributed by atoms with Crippen LogP contribution in [0.5, 0.6) is 5.75 Å². The third-order valence-electron chi connectivity index (χ3n) is 4.41. The number of halogens is 1. The van der Waals surface area contributed by atoms with Gasteiger partial charge in [0.1, 0.15) is 29.5 Å². The second kappa shape index (κ2) is 7.07. The number of nitrogens with zero attached hydrogens (tertiary/aromatic N) is 2. The van der Waals surface area contributed by atoms with Gasteiger partial charge in [0.2, 0.25) is 5.71 Å². The monoisotopic (exact) mass is 363 g/mol. The van der Waals surface area contributed by atoms with E-state index in [4.69, 9.17) is 9.15 Å². The van der Waals surface area contributed by atoms with Crippen molar-refractivity contribution in [2.75, 3.05) is 12.4 Å². The number of fused-ring (bicyclic) bond motifs is 1. The molecule has 27 heavy (non-hydrogen) atoms. The van der Waals surface area contributed by atoms with Gasteiger partial charge in [-0.05, 0) is 55.0 Å². The fraction of sp³-hybridized carbons (Fsp3) is 0.143. The molecule has 4 aromatic rings. The molecule has 0 aliphatic rings. The molecule has 0 saturated heterocycles. The van der Waals surface area contributed by atoms with Gasteiger partial charge in [-0.2, -0.15) is 0 Å². The van der Waals surface area contributed by atoms with Gasteiger partial charge in [0.05, 0.1) is 18.5 Å². The zero-order valence-corrected chi connectivity index (χ0v) is 14.9. The quantitative estimate of drug-likeness (QED) is 0.527. The maximum absolute atomic E-state index is 13.5. The van der Waals surface area contributed by atoms with E-state index in [1.54, 1.807) is 13.2 Å². The van der Waals surface area contributed by atoms with Crippen LogP contribution in [0.4, 0.5) is 10.2 Å². The van der Waals surface area contributed by atoms with Gasteiger partial charge in [0, 0.05) is 5.56 Å². The number of nitrogens with one attached hydrogen (secondary N) is 1. The minimum absolute atomic E-state index is 0.127. The maximum atomic E-state index is 13.5. The van der Waals surface area contributed by atoms with E-state index in [1.165, 1.54) is 18.5 Å². The van der Waals surface area contributed by atoms with Crippen LogP contribution in [-0.2, 0) is 0 Å². The molecule has 0 aliphatic heterocycles. The average Bonchev–Trinajstić information content (AvgIpc) is 3.13. The molecular formula is C21H18FN3O2. The molecule has 1 atom stereocenters. The predicted octanol–water partition coefficient (Wildman–Crippen LogP) is 5.21. The van der Waals surface area contributed by atoms with Crippen LogP contribution in [0.1, 0.15) is 18.5 Å². The molecule has 6 heteroatoms. The summed E-state index contributed by atoms with van der Waals surface area (Å²) in [5, 5.41) is 4.08. The fourth-order valence-corrected chi connectivity index (χ4v) is 2.93. The first-order valence-electron chi connectivity index (χ1n) is 8.55. The lowest BCUT2D eigenvalue weighted by molar-refractivity contribution is 0.415. The van der Waals surface area contributed by atoms with Gasteiger partial charge >= 0.3 is 0 Å². The van der Waals surface area contributed by atoms with Gasteiger partial charge in [-0.3, -0.25) is 0 Å². The van der Waals surface area contributed by atoms with E-state index >= 15 is 0 Å². The molecule has 0 spiro atoms. The van der Waals surface area contributed by atoms with Gasteiger partial charge in [0.25, 0.3) is 0 Å². The maximum Gasteiger partial charge on any atom is 0.231 e. The SMILES string of the molecule is COc1ccc(-c2cc3c(N[C@H](C)c4cccc(F)c4)ncnc3o2)cc1. The molecule has 1 N–H and O–H groups in total. The molecule has 0 unspecified atom stereocenters. The summed E-state index contributed by atoms with van der Waals surface area (Å²) in [4.78, 5) is 8.55. The first kappa shape index (κ1) is 17.0. The van der Waals surface area contributed by atoms with Crippen LogP contribution in [0.25, 0.3) is 22.4 Å². The third kappa shape index (κ3) is 3.46. The number of anilines is 1. The Morgan fingerprint density at radius 3 is 2.63 bits per heavy atom. The van der Waals surface area contributed by atoms with Crippen molar-refractivity contribution in [3.05, 3.63) is 72.3 Å². The highest BCUT2D eigenvalue weighted by atomic mass is 19.1. The van der Waals surface area contributed by atoms with Crippen molar-refractivity contribution in [1.82, 2.24) is 9.97 Å². The molecule has 0 fully saturated rings. The molecule has 2 heterocycles. The number of methoxy groups -OCH3 is 1. The smallest absolute Gasteiger partial charge is 0.231 e. The van der Waals surface area contributed by atoms with Crippen molar-refractivity contribution < 1.29 is 13.5 Å². The van der Waals surface area contributed by atoms with Gasteiger partial charge < -0.3 is 14.5 Å². The molecule has 0 saturated carbocycles. The number of hydrogen-bond donors (Lipinski definition) is 1. The summed E-state index contributed by atoms with van der Waals surface area (Å²) in [6, 6.07) is 15.9. The summed E-state index contributed by atoms with van der Waals surface area (Å²) < 4.78 is 24.6. The van der Waals surface area contributed by atoms with E-state index in [1.807, 2.05) is 43.3 Å². The zero-order chi connectivity index (χ0) is 18.8. The van der Waals surface area contributed by atoms with E-state index in [0.29, 0.717) is 17.3 Å². The number of rotatable bonds is 5. The zero-order valence-electron chi connectivity index (χ0n) is 14.9. The van der Waals surface area contributed by atoms with Gasteiger partial charge in [-0.1, -0.05) is 12.1 Å². The number of furan rings is 1. The highest BCUT2D eigenvalue weighted by molar-refractivity contribution is 5.89.